The molecule has 0 fully saturated rings. The van der Waals surface area contributed by atoms with Crippen LogP contribution >= 0.6 is 0 Å². The zero-order valence-corrected chi connectivity index (χ0v) is 18.4. The molecule has 0 saturated carbocycles. The predicted octanol–water partition coefficient (Wildman–Crippen LogP) is 5.92. The van der Waals surface area contributed by atoms with Gasteiger partial charge < -0.3 is 14.2 Å². The van der Waals surface area contributed by atoms with E-state index in [-0.39, 0.29) is 24.8 Å². The summed E-state index contributed by atoms with van der Waals surface area (Å²) in [4.78, 5) is 12.2. The minimum absolute atomic E-state index is 0.103. The number of esters is 1. The van der Waals surface area contributed by atoms with Gasteiger partial charge in [0.15, 0.2) is 5.60 Å². The SMILES string of the molecule is CCCCCCC(C)CCCCOC(C)(C)C(=O)OCC(C)OC(C)C. The molecule has 0 heterocycles. The quantitative estimate of drug-likeness (QED) is 0.249. The minimum atomic E-state index is -0.899. The minimum Gasteiger partial charge on any atom is -0.461 e. The summed E-state index contributed by atoms with van der Waals surface area (Å²) in [6.07, 6.45) is 10.1. The molecule has 0 aliphatic carbocycles. The molecule has 2 atom stereocenters. The Bertz CT molecular complexity index is 352. The summed E-state index contributed by atoms with van der Waals surface area (Å²) in [6, 6.07) is 0. The maximum atomic E-state index is 12.2. The molecule has 0 aromatic rings. The van der Waals surface area contributed by atoms with E-state index in [2.05, 4.69) is 13.8 Å². The Kier molecular flexibility index (Phi) is 14.1. The average molecular weight is 373 g/mol. The summed E-state index contributed by atoms with van der Waals surface area (Å²) in [7, 11) is 0. The molecule has 0 aliphatic rings. The Morgan fingerprint density at radius 3 is 2.12 bits per heavy atom. The highest BCUT2D eigenvalue weighted by Gasteiger charge is 2.30. The first-order valence-electron chi connectivity index (χ1n) is 10.7. The zero-order chi connectivity index (χ0) is 20.0. The first-order chi connectivity index (χ1) is 12.2. The molecular weight excluding hydrogens is 328 g/mol. The molecule has 26 heavy (non-hydrogen) atoms. The molecular formula is C22H44O4. The number of hydrogen-bond donors (Lipinski definition) is 0. The second-order valence-corrected chi connectivity index (χ2v) is 8.40. The monoisotopic (exact) mass is 372 g/mol. The van der Waals surface area contributed by atoms with Crippen LogP contribution in [-0.4, -0.2) is 37.0 Å². The lowest BCUT2D eigenvalue weighted by atomic mass is 9.97. The number of rotatable bonds is 16. The van der Waals surface area contributed by atoms with Gasteiger partial charge in [-0.2, -0.15) is 0 Å². The van der Waals surface area contributed by atoms with Crippen molar-refractivity contribution in [3.8, 4) is 0 Å². The molecule has 0 rings (SSSR count). The topological polar surface area (TPSA) is 44.8 Å². The Morgan fingerprint density at radius 2 is 1.54 bits per heavy atom. The maximum absolute atomic E-state index is 12.2. The van der Waals surface area contributed by atoms with E-state index in [0.29, 0.717) is 6.61 Å². The van der Waals surface area contributed by atoms with Gasteiger partial charge in [-0.05, 0) is 47.0 Å². The summed E-state index contributed by atoms with van der Waals surface area (Å²) in [5.41, 5.74) is -0.899. The number of hydrogen-bond acceptors (Lipinski definition) is 4. The van der Waals surface area contributed by atoms with Crippen molar-refractivity contribution in [3.05, 3.63) is 0 Å². The van der Waals surface area contributed by atoms with Gasteiger partial charge in [0, 0.05) is 6.61 Å². The fourth-order valence-electron chi connectivity index (χ4n) is 2.92. The molecule has 0 saturated heterocycles. The fraction of sp³-hybridized carbons (Fsp3) is 0.955. The molecule has 2 unspecified atom stereocenters. The molecule has 156 valence electrons. The van der Waals surface area contributed by atoms with E-state index >= 15 is 0 Å². The van der Waals surface area contributed by atoms with E-state index in [9.17, 15) is 4.79 Å². The Morgan fingerprint density at radius 1 is 0.923 bits per heavy atom. The van der Waals surface area contributed by atoms with Crippen LogP contribution in [0.3, 0.4) is 0 Å². The highest BCUT2D eigenvalue weighted by atomic mass is 16.6. The maximum Gasteiger partial charge on any atom is 0.337 e. The van der Waals surface area contributed by atoms with Crippen molar-refractivity contribution in [1.29, 1.82) is 0 Å². The highest BCUT2D eigenvalue weighted by Crippen LogP contribution is 2.18. The van der Waals surface area contributed by atoms with Gasteiger partial charge in [-0.25, -0.2) is 4.79 Å². The zero-order valence-electron chi connectivity index (χ0n) is 18.4. The van der Waals surface area contributed by atoms with Crippen LogP contribution in [0.4, 0.5) is 0 Å². The first-order valence-corrected chi connectivity index (χ1v) is 10.7. The third-order valence-corrected chi connectivity index (χ3v) is 4.55. The molecule has 4 heteroatoms. The Hall–Kier alpha value is -0.610. The van der Waals surface area contributed by atoms with Crippen LogP contribution in [0.15, 0.2) is 0 Å². The van der Waals surface area contributed by atoms with E-state index in [1.54, 1.807) is 13.8 Å². The van der Waals surface area contributed by atoms with Crippen LogP contribution in [0.5, 0.6) is 0 Å². The van der Waals surface area contributed by atoms with Crippen molar-refractivity contribution in [2.45, 2.75) is 118 Å². The van der Waals surface area contributed by atoms with Gasteiger partial charge in [0.1, 0.15) is 6.61 Å². The Balaban J connectivity index is 3.83. The van der Waals surface area contributed by atoms with Crippen LogP contribution in [0.1, 0.15) is 99.8 Å². The van der Waals surface area contributed by atoms with Gasteiger partial charge in [-0.1, -0.05) is 58.8 Å². The number of unbranched alkanes of at least 4 members (excludes halogenated alkanes) is 4. The van der Waals surface area contributed by atoms with Crippen molar-refractivity contribution in [1.82, 2.24) is 0 Å². The first kappa shape index (κ1) is 25.4. The van der Waals surface area contributed by atoms with Crippen molar-refractivity contribution in [3.63, 3.8) is 0 Å². The summed E-state index contributed by atoms with van der Waals surface area (Å²) in [6.45, 7) is 14.9. The molecule has 0 radical (unpaired) electrons. The summed E-state index contributed by atoms with van der Waals surface area (Å²) in [5, 5.41) is 0. The number of ether oxygens (including phenoxy) is 3. The molecule has 0 aromatic heterocycles. The third-order valence-electron chi connectivity index (χ3n) is 4.55. The van der Waals surface area contributed by atoms with Gasteiger partial charge in [-0.3, -0.25) is 0 Å². The highest BCUT2D eigenvalue weighted by molar-refractivity contribution is 5.78. The lowest BCUT2D eigenvalue weighted by Gasteiger charge is -2.25. The fourth-order valence-corrected chi connectivity index (χ4v) is 2.92. The largest absolute Gasteiger partial charge is 0.461 e. The molecule has 0 spiro atoms. The van der Waals surface area contributed by atoms with Crippen molar-refractivity contribution in [2.75, 3.05) is 13.2 Å². The van der Waals surface area contributed by atoms with E-state index in [4.69, 9.17) is 14.2 Å². The van der Waals surface area contributed by atoms with E-state index in [1.165, 1.54) is 38.5 Å². The van der Waals surface area contributed by atoms with Gasteiger partial charge in [0.25, 0.3) is 0 Å². The van der Waals surface area contributed by atoms with Crippen LogP contribution < -0.4 is 0 Å². The van der Waals surface area contributed by atoms with Crippen LogP contribution in [0, 0.1) is 5.92 Å². The lowest BCUT2D eigenvalue weighted by molar-refractivity contribution is -0.172. The van der Waals surface area contributed by atoms with Crippen molar-refractivity contribution in [2.24, 2.45) is 5.92 Å². The second-order valence-electron chi connectivity index (χ2n) is 8.40. The summed E-state index contributed by atoms with van der Waals surface area (Å²) < 4.78 is 16.7. The van der Waals surface area contributed by atoms with Gasteiger partial charge in [-0.15, -0.1) is 0 Å². The van der Waals surface area contributed by atoms with Crippen molar-refractivity contribution < 1.29 is 19.0 Å². The molecule has 0 N–H and O–H groups in total. The molecule has 0 amide bonds. The second kappa shape index (κ2) is 14.4. The number of carbonyl (C=O) groups excluding carboxylic acids is 1. The van der Waals surface area contributed by atoms with E-state index in [0.717, 1.165) is 18.8 Å². The van der Waals surface area contributed by atoms with Crippen LogP contribution in [0.25, 0.3) is 0 Å². The standard InChI is InChI=1S/C22H44O4/c1-8-9-10-11-14-19(4)15-12-13-16-25-22(6,7)21(23)24-17-20(5)26-18(2)3/h18-20H,8-17H2,1-7H3. The smallest absolute Gasteiger partial charge is 0.337 e. The van der Waals surface area contributed by atoms with Gasteiger partial charge in [0.05, 0.1) is 12.2 Å². The predicted molar refractivity (Wildman–Crippen MR) is 108 cm³/mol. The lowest BCUT2D eigenvalue weighted by Crippen LogP contribution is -2.38. The normalized spacial score (nSPS) is 14.5. The van der Waals surface area contributed by atoms with Crippen LogP contribution in [-0.2, 0) is 19.0 Å². The van der Waals surface area contributed by atoms with Crippen molar-refractivity contribution >= 4 is 5.97 Å². The average Bonchev–Trinajstić information content (AvgIpc) is 2.55. The third kappa shape index (κ3) is 13.6. The summed E-state index contributed by atoms with van der Waals surface area (Å²) >= 11 is 0. The molecule has 0 aromatic carbocycles. The molecule has 0 aliphatic heterocycles. The van der Waals surface area contributed by atoms with Gasteiger partial charge >= 0.3 is 5.97 Å². The molecule has 4 nitrogen and oxygen atoms in total. The number of carbonyl (C=O) groups is 1. The Labute approximate surface area is 162 Å². The van der Waals surface area contributed by atoms with E-state index in [1.807, 2.05) is 20.8 Å². The molecule has 0 bridgehead atoms. The van der Waals surface area contributed by atoms with Crippen LogP contribution in [0.2, 0.25) is 0 Å². The summed E-state index contributed by atoms with van der Waals surface area (Å²) in [5.74, 6) is 0.466. The van der Waals surface area contributed by atoms with E-state index < -0.39 is 5.60 Å². The van der Waals surface area contributed by atoms with Gasteiger partial charge in [0.2, 0.25) is 0 Å².